The number of carboxylic acids is 1. The van der Waals surface area contributed by atoms with E-state index in [1.807, 2.05) is 0 Å². The van der Waals surface area contributed by atoms with E-state index >= 15 is 0 Å². The van der Waals surface area contributed by atoms with Gasteiger partial charge in [-0.05, 0) is 36.8 Å². The SMILES string of the molecule is CCN1C(=O)N/C(=C\c2cccc(OC)c2OCc2cccc(C(=O)O)c2)C1=O. The average molecular weight is 396 g/mol. The maximum atomic E-state index is 12.3. The lowest BCUT2D eigenvalue weighted by Crippen LogP contribution is -2.30. The fourth-order valence-corrected chi connectivity index (χ4v) is 2.93. The topological polar surface area (TPSA) is 105 Å². The Hall–Kier alpha value is -3.81. The molecule has 8 nitrogen and oxygen atoms in total. The minimum atomic E-state index is -1.02. The first kappa shape index (κ1) is 19.9. The second kappa shape index (κ2) is 8.47. The van der Waals surface area contributed by atoms with E-state index in [-0.39, 0.29) is 24.4 Å². The van der Waals surface area contributed by atoms with Gasteiger partial charge >= 0.3 is 12.0 Å². The molecule has 1 saturated heterocycles. The number of amides is 3. The van der Waals surface area contributed by atoms with Crippen molar-refractivity contribution in [3.63, 3.8) is 0 Å². The molecule has 0 bridgehead atoms. The molecule has 1 aliphatic heterocycles. The molecule has 0 radical (unpaired) electrons. The number of aromatic carboxylic acids is 1. The van der Waals surface area contributed by atoms with Crippen molar-refractivity contribution in [2.45, 2.75) is 13.5 Å². The van der Waals surface area contributed by atoms with Crippen molar-refractivity contribution < 1.29 is 29.0 Å². The molecule has 0 aromatic heterocycles. The van der Waals surface area contributed by atoms with Crippen LogP contribution in [-0.2, 0) is 11.4 Å². The summed E-state index contributed by atoms with van der Waals surface area (Å²) in [7, 11) is 1.49. The van der Waals surface area contributed by atoms with Gasteiger partial charge in [0.2, 0.25) is 0 Å². The van der Waals surface area contributed by atoms with Crippen LogP contribution in [0.15, 0.2) is 48.2 Å². The van der Waals surface area contributed by atoms with E-state index in [1.165, 1.54) is 25.3 Å². The van der Waals surface area contributed by atoms with Crippen LogP contribution in [0.1, 0.15) is 28.4 Å². The zero-order valence-electron chi connectivity index (χ0n) is 16.0. The molecule has 0 spiro atoms. The molecule has 0 aliphatic carbocycles. The van der Waals surface area contributed by atoms with Crippen LogP contribution in [0.3, 0.4) is 0 Å². The van der Waals surface area contributed by atoms with Gasteiger partial charge in [-0.3, -0.25) is 9.69 Å². The van der Waals surface area contributed by atoms with E-state index in [1.54, 1.807) is 37.3 Å². The fourth-order valence-electron chi connectivity index (χ4n) is 2.93. The van der Waals surface area contributed by atoms with Crippen molar-refractivity contribution in [3.05, 3.63) is 64.9 Å². The number of para-hydroxylation sites is 1. The number of methoxy groups -OCH3 is 1. The third-order valence-corrected chi connectivity index (χ3v) is 4.36. The molecule has 2 aromatic rings. The van der Waals surface area contributed by atoms with Crippen molar-refractivity contribution in [1.29, 1.82) is 0 Å². The Kier molecular flexibility index (Phi) is 5.82. The lowest BCUT2D eigenvalue weighted by molar-refractivity contribution is -0.122. The minimum absolute atomic E-state index is 0.0963. The number of hydrogen-bond donors (Lipinski definition) is 2. The van der Waals surface area contributed by atoms with Gasteiger partial charge in [-0.2, -0.15) is 0 Å². The van der Waals surface area contributed by atoms with Gasteiger partial charge in [0, 0.05) is 12.1 Å². The molecular formula is C21H20N2O6. The molecule has 3 rings (SSSR count). The number of imide groups is 1. The van der Waals surface area contributed by atoms with Crippen LogP contribution < -0.4 is 14.8 Å². The summed E-state index contributed by atoms with van der Waals surface area (Å²) >= 11 is 0. The third kappa shape index (κ3) is 4.21. The number of carbonyl (C=O) groups excluding carboxylic acids is 2. The molecule has 1 heterocycles. The van der Waals surface area contributed by atoms with E-state index < -0.39 is 17.9 Å². The van der Waals surface area contributed by atoms with Crippen molar-refractivity contribution in [2.24, 2.45) is 0 Å². The predicted molar refractivity (Wildman–Crippen MR) is 105 cm³/mol. The molecule has 0 atom stereocenters. The highest BCUT2D eigenvalue weighted by Crippen LogP contribution is 2.33. The number of benzene rings is 2. The molecule has 0 unspecified atom stereocenters. The summed E-state index contributed by atoms with van der Waals surface area (Å²) in [5.41, 5.74) is 1.51. The van der Waals surface area contributed by atoms with E-state index in [0.717, 1.165) is 4.90 Å². The van der Waals surface area contributed by atoms with Gasteiger partial charge in [0.15, 0.2) is 11.5 Å². The number of carbonyl (C=O) groups is 3. The Morgan fingerprint density at radius 3 is 2.62 bits per heavy atom. The first-order valence-electron chi connectivity index (χ1n) is 8.91. The maximum absolute atomic E-state index is 12.3. The Morgan fingerprint density at radius 1 is 1.21 bits per heavy atom. The third-order valence-electron chi connectivity index (χ3n) is 4.36. The molecule has 150 valence electrons. The summed E-state index contributed by atoms with van der Waals surface area (Å²) in [6.45, 7) is 2.08. The summed E-state index contributed by atoms with van der Waals surface area (Å²) < 4.78 is 11.3. The summed E-state index contributed by atoms with van der Waals surface area (Å²) in [5.74, 6) is -0.621. The number of nitrogens with one attached hydrogen (secondary N) is 1. The molecule has 1 aliphatic rings. The monoisotopic (exact) mass is 396 g/mol. The van der Waals surface area contributed by atoms with Gasteiger partial charge < -0.3 is 19.9 Å². The molecule has 3 amide bonds. The average Bonchev–Trinajstić information content (AvgIpc) is 2.99. The van der Waals surface area contributed by atoms with E-state index in [9.17, 15) is 14.4 Å². The van der Waals surface area contributed by atoms with Crippen LogP contribution in [0.2, 0.25) is 0 Å². The minimum Gasteiger partial charge on any atom is -0.493 e. The molecule has 0 saturated carbocycles. The van der Waals surface area contributed by atoms with Gasteiger partial charge in [-0.15, -0.1) is 0 Å². The van der Waals surface area contributed by atoms with Crippen molar-refractivity contribution in [2.75, 3.05) is 13.7 Å². The van der Waals surface area contributed by atoms with Crippen LogP contribution in [0.25, 0.3) is 6.08 Å². The first-order chi connectivity index (χ1) is 13.9. The second-order valence-electron chi connectivity index (χ2n) is 6.21. The molecule has 2 N–H and O–H groups in total. The van der Waals surface area contributed by atoms with E-state index in [4.69, 9.17) is 14.6 Å². The Balaban J connectivity index is 1.90. The summed E-state index contributed by atoms with van der Waals surface area (Å²) in [6, 6.07) is 11.1. The standard InChI is InChI=1S/C21H20N2O6/c1-3-23-19(24)16(22-21(23)27)11-14-7-5-9-17(28-2)18(14)29-12-13-6-4-8-15(10-13)20(25)26/h4-11H,3,12H2,1-2H3,(H,22,27)(H,25,26)/b16-11-. The number of likely N-dealkylation sites (N-methyl/N-ethyl adjacent to an activating group) is 1. The van der Waals surface area contributed by atoms with Gasteiger partial charge in [0.05, 0.1) is 12.7 Å². The fraction of sp³-hybridized carbons (Fsp3) is 0.190. The summed E-state index contributed by atoms with van der Waals surface area (Å²) in [4.78, 5) is 36.5. The number of carboxylic acid groups (broad SMARTS) is 1. The quantitative estimate of drug-likeness (QED) is 0.551. The Morgan fingerprint density at radius 2 is 1.97 bits per heavy atom. The van der Waals surface area contributed by atoms with Gasteiger partial charge in [-0.25, -0.2) is 9.59 Å². The zero-order valence-corrected chi connectivity index (χ0v) is 16.0. The predicted octanol–water partition coefficient (Wildman–Crippen LogP) is 2.89. The van der Waals surface area contributed by atoms with E-state index in [2.05, 4.69) is 5.32 Å². The molecule has 1 fully saturated rings. The van der Waals surface area contributed by atoms with Crippen LogP contribution in [-0.4, -0.2) is 41.6 Å². The van der Waals surface area contributed by atoms with Crippen molar-refractivity contribution >= 4 is 24.0 Å². The largest absolute Gasteiger partial charge is 0.493 e. The van der Waals surface area contributed by atoms with Crippen LogP contribution in [0, 0.1) is 0 Å². The zero-order chi connectivity index (χ0) is 21.0. The normalized spacial score (nSPS) is 14.8. The maximum Gasteiger partial charge on any atom is 0.335 e. The lowest BCUT2D eigenvalue weighted by Gasteiger charge is -2.14. The van der Waals surface area contributed by atoms with Crippen LogP contribution >= 0.6 is 0 Å². The molecule has 8 heteroatoms. The van der Waals surface area contributed by atoms with Gasteiger partial charge in [0.25, 0.3) is 5.91 Å². The number of urea groups is 1. The van der Waals surface area contributed by atoms with Gasteiger partial charge in [0.1, 0.15) is 12.3 Å². The number of nitrogens with zero attached hydrogens (tertiary/aromatic N) is 1. The molecular weight excluding hydrogens is 376 g/mol. The van der Waals surface area contributed by atoms with Crippen LogP contribution in [0.5, 0.6) is 11.5 Å². The first-order valence-corrected chi connectivity index (χ1v) is 8.91. The van der Waals surface area contributed by atoms with Crippen molar-refractivity contribution in [3.8, 4) is 11.5 Å². The Bertz CT molecular complexity index is 998. The highest BCUT2D eigenvalue weighted by atomic mass is 16.5. The van der Waals surface area contributed by atoms with Crippen molar-refractivity contribution in [1.82, 2.24) is 10.2 Å². The smallest absolute Gasteiger partial charge is 0.335 e. The summed E-state index contributed by atoms with van der Waals surface area (Å²) in [5, 5.41) is 11.7. The summed E-state index contributed by atoms with van der Waals surface area (Å²) in [6.07, 6.45) is 1.53. The Labute approximate surface area is 167 Å². The van der Waals surface area contributed by atoms with Gasteiger partial charge in [-0.1, -0.05) is 24.3 Å². The number of hydrogen-bond acceptors (Lipinski definition) is 5. The highest BCUT2D eigenvalue weighted by Gasteiger charge is 2.32. The number of ether oxygens (including phenoxy) is 2. The highest BCUT2D eigenvalue weighted by molar-refractivity contribution is 6.14. The number of rotatable bonds is 7. The van der Waals surface area contributed by atoms with Crippen LogP contribution in [0.4, 0.5) is 4.79 Å². The van der Waals surface area contributed by atoms with E-state index in [0.29, 0.717) is 22.6 Å². The molecule has 29 heavy (non-hydrogen) atoms. The lowest BCUT2D eigenvalue weighted by atomic mass is 10.1. The second-order valence-corrected chi connectivity index (χ2v) is 6.21. The molecule has 2 aromatic carbocycles.